The van der Waals surface area contributed by atoms with Gasteiger partial charge in [-0.15, -0.1) is 0 Å². The molecule has 0 radical (unpaired) electrons. The zero-order chi connectivity index (χ0) is 14.2. The van der Waals surface area contributed by atoms with Crippen molar-refractivity contribution in [1.29, 1.82) is 0 Å². The Morgan fingerprint density at radius 3 is 3.10 bits per heavy atom. The van der Waals surface area contributed by atoms with Crippen molar-refractivity contribution in [2.45, 2.75) is 25.0 Å². The van der Waals surface area contributed by atoms with Gasteiger partial charge >= 0.3 is 0 Å². The highest BCUT2D eigenvalue weighted by atomic mass is 16.5. The van der Waals surface area contributed by atoms with E-state index in [1.807, 2.05) is 6.07 Å². The normalized spacial score (nSPS) is 19.8. The van der Waals surface area contributed by atoms with E-state index < -0.39 is 6.10 Å². The minimum Gasteiger partial charge on any atom is -0.481 e. The molecule has 0 saturated carbocycles. The maximum atomic E-state index is 9.81. The van der Waals surface area contributed by atoms with Crippen molar-refractivity contribution in [3.8, 4) is 5.88 Å². The molecule has 0 spiro atoms. The number of ether oxygens (including phenoxy) is 3. The van der Waals surface area contributed by atoms with Crippen LogP contribution in [0.15, 0.2) is 18.3 Å². The van der Waals surface area contributed by atoms with E-state index in [0.717, 1.165) is 25.1 Å². The third-order valence-electron chi connectivity index (χ3n) is 3.13. The van der Waals surface area contributed by atoms with Gasteiger partial charge in [0, 0.05) is 19.2 Å². The lowest BCUT2D eigenvalue weighted by atomic mass is 10.2. The zero-order valence-corrected chi connectivity index (χ0v) is 11.7. The van der Waals surface area contributed by atoms with Gasteiger partial charge in [0.15, 0.2) is 0 Å². The molecule has 0 bridgehead atoms. The molecule has 2 heterocycles. The van der Waals surface area contributed by atoms with E-state index in [1.165, 1.54) is 0 Å². The fraction of sp³-hybridized carbons (Fsp3) is 0.643. The second kappa shape index (κ2) is 8.04. The molecule has 1 saturated heterocycles. The number of hydrogen-bond donors (Lipinski definition) is 2. The Morgan fingerprint density at radius 2 is 2.45 bits per heavy atom. The van der Waals surface area contributed by atoms with Gasteiger partial charge < -0.3 is 24.6 Å². The summed E-state index contributed by atoms with van der Waals surface area (Å²) in [6.45, 7) is 2.10. The first-order chi connectivity index (χ1) is 9.78. The van der Waals surface area contributed by atoms with Crippen LogP contribution in [0.5, 0.6) is 5.88 Å². The minimum atomic E-state index is -0.557. The van der Waals surface area contributed by atoms with Crippen LogP contribution in [0.2, 0.25) is 0 Å². The summed E-state index contributed by atoms with van der Waals surface area (Å²) in [6.07, 6.45) is 3.45. The van der Waals surface area contributed by atoms with E-state index >= 15 is 0 Å². The Balaban J connectivity index is 1.59. The standard InChI is InChI=1S/C14H22N2O4/c1-18-14-5-4-11(7-16-14)15-8-12(17)9-19-10-13-3-2-6-20-13/h4-5,7,12-13,15,17H,2-3,6,8-10H2,1H3. The van der Waals surface area contributed by atoms with Crippen LogP contribution >= 0.6 is 0 Å². The van der Waals surface area contributed by atoms with Crippen LogP contribution in [0.25, 0.3) is 0 Å². The van der Waals surface area contributed by atoms with Gasteiger partial charge in [-0.1, -0.05) is 0 Å². The molecule has 2 rings (SSSR count). The SMILES string of the molecule is COc1ccc(NCC(O)COCC2CCCO2)cn1. The molecular weight excluding hydrogens is 260 g/mol. The van der Waals surface area contributed by atoms with E-state index in [9.17, 15) is 5.11 Å². The number of anilines is 1. The van der Waals surface area contributed by atoms with Crippen LogP contribution in [-0.2, 0) is 9.47 Å². The Kier molecular flexibility index (Phi) is 6.04. The summed E-state index contributed by atoms with van der Waals surface area (Å²) in [5, 5.41) is 12.9. The first-order valence-corrected chi connectivity index (χ1v) is 6.89. The number of pyridine rings is 1. The molecule has 6 heteroatoms. The van der Waals surface area contributed by atoms with Gasteiger partial charge in [0.1, 0.15) is 0 Å². The highest BCUT2D eigenvalue weighted by Gasteiger charge is 2.16. The topological polar surface area (TPSA) is 72.8 Å². The van der Waals surface area contributed by atoms with Crippen molar-refractivity contribution in [2.24, 2.45) is 0 Å². The quantitative estimate of drug-likeness (QED) is 0.743. The van der Waals surface area contributed by atoms with Crippen molar-refractivity contribution >= 4 is 5.69 Å². The zero-order valence-electron chi connectivity index (χ0n) is 11.7. The lowest BCUT2D eigenvalue weighted by molar-refractivity contribution is -0.0137. The van der Waals surface area contributed by atoms with E-state index in [-0.39, 0.29) is 6.10 Å². The Bertz CT molecular complexity index is 379. The third-order valence-corrected chi connectivity index (χ3v) is 3.13. The number of hydrogen-bond acceptors (Lipinski definition) is 6. The molecular formula is C14H22N2O4. The smallest absolute Gasteiger partial charge is 0.213 e. The fourth-order valence-corrected chi connectivity index (χ4v) is 2.01. The number of aromatic nitrogens is 1. The van der Waals surface area contributed by atoms with Crippen molar-refractivity contribution in [3.05, 3.63) is 18.3 Å². The molecule has 1 fully saturated rings. The second-order valence-electron chi connectivity index (χ2n) is 4.80. The van der Waals surface area contributed by atoms with Crippen LogP contribution < -0.4 is 10.1 Å². The number of aliphatic hydroxyl groups is 1. The second-order valence-corrected chi connectivity index (χ2v) is 4.80. The van der Waals surface area contributed by atoms with Crippen LogP contribution in [0.4, 0.5) is 5.69 Å². The van der Waals surface area contributed by atoms with Gasteiger partial charge in [0.25, 0.3) is 0 Å². The largest absolute Gasteiger partial charge is 0.481 e. The summed E-state index contributed by atoms with van der Waals surface area (Å²) in [4.78, 5) is 4.08. The van der Waals surface area contributed by atoms with Gasteiger partial charge in [0.05, 0.1) is 44.4 Å². The van der Waals surface area contributed by atoms with Crippen molar-refractivity contribution in [2.75, 3.05) is 38.8 Å². The molecule has 0 amide bonds. The first kappa shape index (κ1) is 15.0. The molecule has 0 aliphatic carbocycles. The summed E-state index contributed by atoms with van der Waals surface area (Å²) < 4.78 is 15.9. The number of methoxy groups -OCH3 is 1. The highest BCUT2D eigenvalue weighted by Crippen LogP contribution is 2.12. The lowest BCUT2D eigenvalue weighted by Crippen LogP contribution is -2.27. The summed E-state index contributed by atoms with van der Waals surface area (Å²) in [5.74, 6) is 0.566. The maximum Gasteiger partial charge on any atom is 0.213 e. The van der Waals surface area contributed by atoms with Crippen LogP contribution in [0.1, 0.15) is 12.8 Å². The molecule has 6 nitrogen and oxygen atoms in total. The molecule has 1 aliphatic heterocycles. The first-order valence-electron chi connectivity index (χ1n) is 6.89. The lowest BCUT2D eigenvalue weighted by Gasteiger charge is -2.15. The van der Waals surface area contributed by atoms with Crippen LogP contribution in [-0.4, -0.2) is 55.8 Å². The minimum absolute atomic E-state index is 0.195. The average Bonchev–Trinajstić information content (AvgIpc) is 2.99. The number of nitrogens with one attached hydrogen (secondary N) is 1. The summed E-state index contributed by atoms with van der Waals surface area (Å²) in [7, 11) is 1.57. The summed E-state index contributed by atoms with van der Waals surface area (Å²) >= 11 is 0. The molecule has 1 aliphatic rings. The maximum absolute atomic E-state index is 9.81. The third kappa shape index (κ3) is 4.96. The molecule has 1 aromatic heterocycles. The molecule has 0 aromatic carbocycles. The van der Waals surface area contributed by atoms with Crippen LogP contribution in [0, 0.1) is 0 Å². The van der Waals surface area contributed by atoms with Gasteiger partial charge in [-0.2, -0.15) is 0 Å². The van der Waals surface area contributed by atoms with E-state index in [1.54, 1.807) is 19.4 Å². The van der Waals surface area contributed by atoms with Crippen molar-refractivity contribution in [3.63, 3.8) is 0 Å². The van der Waals surface area contributed by atoms with Crippen molar-refractivity contribution in [1.82, 2.24) is 4.98 Å². The number of rotatable bonds is 8. The number of aliphatic hydroxyl groups excluding tert-OH is 1. The van der Waals surface area contributed by atoms with Gasteiger partial charge in [-0.05, 0) is 18.9 Å². The molecule has 112 valence electrons. The molecule has 20 heavy (non-hydrogen) atoms. The van der Waals surface area contributed by atoms with E-state index in [4.69, 9.17) is 14.2 Å². The van der Waals surface area contributed by atoms with Crippen LogP contribution in [0.3, 0.4) is 0 Å². The molecule has 1 aromatic rings. The van der Waals surface area contributed by atoms with E-state index in [2.05, 4.69) is 10.3 Å². The highest BCUT2D eigenvalue weighted by molar-refractivity contribution is 5.42. The summed E-state index contributed by atoms with van der Waals surface area (Å²) in [5.41, 5.74) is 0.837. The Morgan fingerprint density at radius 1 is 1.55 bits per heavy atom. The fourth-order valence-electron chi connectivity index (χ4n) is 2.01. The number of nitrogens with zero attached hydrogens (tertiary/aromatic N) is 1. The Hall–Kier alpha value is -1.37. The van der Waals surface area contributed by atoms with E-state index in [0.29, 0.717) is 25.6 Å². The summed E-state index contributed by atoms with van der Waals surface area (Å²) in [6, 6.07) is 3.62. The molecule has 2 atom stereocenters. The molecule has 2 N–H and O–H groups in total. The predicted molar refractivity (Wildman–Crippen MR) is 75.1 cm³/mol. The van der Waals surface area contributed by atoms with Crippen molar-refractivity contribution < 1.29 is 19.3 Å². The molecule has 2 unspecified atom stereocenters. The van der Waals surface area contributed by atoms with Gasteiger partial charge in [0.2, 0.25) is 5.88 Å². The monoisotopic (exact) mass is 282 g/mol. The Labute approximate surface area is 119 Å². The predicted octanol–water partition coefficient (Wildman–Crippen LogP) is 1.06. The van der Waals surface area contributed by atoms with Gasteiger partial charge in [-0.25, -0.2) is 4.98 Å². The van der Waals surface area contributed by atoms with Gasteiger partial charge in [-0.3, -0.25) is 0 Å². The average molecular weight is 282 g/mol.